The first-order valence-electron chi connectivity index (χ1n) is 17.0. The van der Waals surface area contributed by atoms with Crippen LogP contribution >= 0.6 is 15.9 Å². The van der Waals surface area contributed by atoms with Crippen LogP contribution in [0, 0.1) is 0 Å². The topological polar surface area (TPSA) is 3.24 Å². The van der Waals surface area contributed by atoms with Gasteiger partial charge in [0, 0.05) is 21.2 Å². The van der Waals surface area contributed by atoms with Gasteiger partial charge in [-0.25, -0.2) is 0 Å². The van der Waals surface area contributed by atoms with E-state index < -0.39 is 0 Å². The van der Waals surface area contributed by atoms with Crippen LogP contribution in [0.15, 0.2) is 186 Å². The van der Waals surface area contributed by atoms with Crippen molar-refractivity contribution < 1.29 is 0 Å². The van der Waals surface area contributed by atoms with Crippen molar-refractivity contribution in [1.82, 2.24) is 0 Å². The zero-order valence-electron chi connectivity index (χ0n) is 27.1. The molecule has 0 aromatic heterocycles. The molecule has 0 amide bonds. The molecule has 1 nitrogen and oxygen atoms in total. The molecule has 0 aliphatic rings. The zero-order valence-corrected chi connectivity index (χ0v) is 28.7. The number of rotatable bonds is 5. The average molecular weight is 701 g/mol. The van der Waals surface area contributed by atoms with Crippen LogP contribution in [0.1, 0.15) is 0 Å². The molecule has 0 bridgehead atoms. The molecule has 0 heterocycles. The Morgan fingerprint density at radius 1 is 0.340 bits per heavy atom. The van der Waals surface area contributed by atoms with Gasteiger partial charge in [-0.05, 0) is 119 Å². The number of fused-ring (bicyclic) bond motifs is 2. The Bertz CT molecular complexity index is 2860. The van der Waals surface area contributed by atoms with E-state index in [4.69, 9.17) is 0 Å². The number of nitrogens with zero attached hydrogens (tertiary/aromatic N) is 1. The fourth-order valence-corrected chi connectivity index (χ4v) is 8.28. The summed E-state index contributed by atoms with van der Waals surface area (Å²) in [6.45, 7) is 0. The van der Waals surface area contributed by atoms with E-state index >= 15 is 0 Å². The van der Waals surface area contributed by atoms with Gasteiger partial charge in [-0.2, -0.15) is 0 Å². The largest absolute Gasteiger partial charge is 0.310 e. The molecule has 0 spiro atoms. The Morgan fingerprint density at radius 3 is 1.78 bits per heavy atom. The van der Waals surface area contributed by atoms with Gasteiger partial charge in [0.1, 0.15) is 0 Å². The lowest BCUT2D eigenvalue weighted by Gasteiger charge is -2.27. The summed E-state index contributed by atoms with van der Waals surface area (Å²) >= 11 is 3.62. The van der Waals surface area contributed by atoms with E-state index in [-0.39, 0.29) is 0 Å². The molecule has 0 atom stereocenters. The molecule has 0 unspecified atom stereocenters. The molecule has 234 valence electrons. The summed E-state index contributed by atoms with van der Waals surface area (Å²) in [7, 11) is 0. The van der Waals surface area contributed by atoms with Gasteiger partial charge < -0.3 is 4.90 Å². The van der Waals surface area contributed by atoms with Gasteiger partial charge in [-0.15, -0.1) is 0 Å². The second kappa shape index (κ2) is 11.6. The van der Waals surface area contributed by atoms with Crippen LogP contribution < -0.4 is 4.90 Å². The second-order valence-corrected chi connectivity index (χ2v) is 14.0. The number of hydrogen-bond donors (Lipinski definition) is 0. The highest BCUT2D eigenvalue weighted by atomic mass is 79.9. The minimum absolute atomic E-state index is 1.09. The summed E-state index contributed by atoms with van der Waals surface area (Å²) in [6, 6.07) is 66.6. The molecule has 50 heavy (non-hydrogen) atoms. The number of hydrogen-bond acceptors (Lipinski definition) is 1. The molecule has 0 saturated heterocycles. The van der Waals surface area contributed by atoms with Gasteiger partial charge in [0.25, 0.3) is 0 Å². The van der Waals surface area contributed by atoms with Crippen LogP contribution in [-0.2, 0) is 0 Å². The van der Waals surface area contributed by atoms with Crippen molar-refractivity contribution in [3.05, 3.63) is 186 Å². The molecule has 10 rings (SSSR count). The highest BCUT2D eigenvalue weighted by molar-refractivity contribution is 9.10. The smallest absolute Gasteiger partial charge is 0.0540 e. The Labute approximate surface area is 299 Å². The molecule has 0 N–H and O–H groups in total. The molecular formula is C48H30BrN. The Kier molecular flexibility index (Phi) is 6.72. The average Bonchev–Trinajstić information content (AvgIpc) is 3.17. The monoisotopic (exact) mass is 699 g/mol. The number of benzene rings is 10. The third kappa shape index (κ3) is 4.68. The highest BCUT2D eigenvalue weighted by Crippen LogP contribution is 2.43. The summed E-state index contributed by atoms with van der Waals surface area (Å²) < 4.78 is 1.09. The zero-order chi connectivity index (χ0) is 33.2. The first-order chi connectivity index (χ1) is 24.7. The summed E-state index contributed by atoms with van der Waals surface area (Å²) in [5.41, 5.74) is 8.30. The van der Waals surface area contributed by atoms with Crippen LogP contribution in [0.2, 0.25) is 0 Å². The van der Waals surface area contributed by atoms with Crippen LogP contribution in [0.5, 0.6) is 0 Å². The Morgan fingerprint density at radius 2 is 0.940 bits per heavy atom. The van der Waals surface area contributed by atoms with Crippen molar-refractivity contribution in [1.29, 1.82) is 0 Å². The quantitative estimate of drug-likeness (QED) is 0.162. The molecule has 0 fully saturated rings. The van der Waals surface area contributed by atoms with Gasteiger partial charge >= 0.3 is 0 Å². The number of anilines is 3. The molecule has 0 saturated carbocycles. The predicted molar refractivity (Wildman–Crippen MR) is 218 cm³/mol. The van der Waals surface area contributed by atoms with Crippen molar-refractivity contribution in [3.8, 4) is 22.3 Å². The van der Waals surface area contributed by atoms with Crippen LogP contribution in [0.3, 0.4) is 0 Å². The highest BCUT2D eigenvalue weighted by Gasteiger charge is 2.18. The Hall–Kier alpha value is -5.96. The van der Waals surface area contributed by atoms with Crippen molar-refractivity contribution in [3.63, 3.8) is 0 Å². The van der Waals surface area contributed by atoms with Crippen LogP contribution in [0.4, 0.5) is 17.1 Å². The number of para-hydroxylation sites is 1. The fraction of sp³-hybridized carbons (Fsp3) is 0. The van der Waals surface area contributed by atoms with Gasteiger partial charge in [-0.1, -0.05) is 149 Å². The normalized spacial score (nSPS) is 11.7. The summed E-state index contributed by atoms with van der Waals surface area (Å²) in [5.74, 6) is 0. The summed E-state index contributed by atoms with van der Waals surface area (Å²) in [6.07, 6.45) is 0. The maximum atomic E-state index is 3.62. The molecule has 10 aromatic rings. The number of halogens is 1. The molecule has 0 aliphatic heterocycles. The molecule has 10 aromatic carbocycles. The summed E-state index contributed by atoms with van der Waals surface area (Å²) in [4.78, 5) is 2.39. The van der Waals surface area contributed by atoms with Gasteiger partial charge in [0.05, 0.1) is 5.69 Å². The second-order valence-electron chi connectivity index (χ2n) is 13.1. The minimum atomic E-state index is 1.09. The van der Waals surface area contributed by atoms with Crippen molar-refractivity contribution in [2.45, 2.75) is 0 Å². The van der Waals surface area contributed by atoms with Crippen molar-refractivity contribution in [2.24, 2.45) is 0 Å². The SMILES string of the molecule is Brc1ccc2cc(-c3cccc4c(N(c5ccccc5)c5ccc(-c6ccc7ccc8cccc9ccc6c7c89)cc5)cccc34)ccc2c1. The minimum Gasteiger partial charge on any atom is -0.310 e. The van der Waals surface area contributed by atoms with Crippen molar-refractivity contribution in [2.75, 3.05) is 4.90 Å². The Balaban J connectivity index is 1.11. The fourth-order valence-electron chi connectivity index (χ4n) is 7.91. The lowest BCUT2D eigenvalue weighted by molar-refractivity contribution is 1.30. The van der Waals surface area contributed by atoms with Crippen LogP contribution in [-0.4, -0.2) is 0 Å². The van der Waals surface area contributed by atoms with E-state index in [9.17, 15) is 0 Å². The molecule has 2 heteroatoms. The third-order valence-corrected chi connectivity index (χ3v) is 10.7. The maximum Gasteiger partial charge on any atom is 0.0540 e. The van der Waals surface area contributed by atoms with Crippen LogP contribution in [0.25, 0.3) is 76.1 Å². The van der Waals surface area contributed by atoms with Gasteiger partial charge in [0.2, 0.25) is 0 Å². The molecular weight excluding hydrogens is 670 g/mol. The molecule has 0 radical (unpaired) electrons. The lowest BCUT2D eigenvalue weighted by Crippen LogP contribution is -2.10. The summed E-state index contributed by atoms with van der Waals surface area (Å²) in [5, 5.41) is 12.8. The van der Waals surface area contributed by atoms with E-state index in [1.165, 1.54) is 76.1 Å². The van der Waals surface area contributed by atoms with Crippen molar-refractivity contribution >= 4 is 86.9 Å². The van der Waals surface area contributed by atoms with Gasteiger partial charge in [-0.3, -0.25) is 0 Å². The first kappa shape index (κ1) is 29.0. The van der Waals surface area contributed by atoms with E-state index in [1.54, 1.807) is 0 Å². The third-order valence-electron chi connectivity index (χ3n) is 10.2. The standard InChI is InChI=1S/C48H30BrN/c49-38-24-19-35-29-37(18-17-36(35)30-38)41-11-5-13-44-43(41)12-6-14-46(44)50(39-9-2-1-3-10-39)40-25-20-31(21-26-40)42-27-22-34-16-15-32-7-4-8-33-23-28-45(42)48(34)47(32)33/h1-30H. The van der Waals surface area contributed by atoms with Gasteiger partial charge in [0.15, 0.2) is 0 Å². The molecule has 0 aliphatic carbocycles. The van der Waals surface area contributed by atoms with E-state index in [0.717, 1.165) is 21.5 Å². The lowest BCUT2D eigenvalue weighted by atomic mass is 9.90. The van der Waals surface area contributed by atoms with E-state index in [0.29, 0.717) is 0 Å². The first-order valence-corrected chi connectivity index (χ1v) is 17.8. The maximum absolute atomic E-state index is 3.62. The predicted octanol–water partition coefficient (Wildman–Crippen LogP) is 14.5. The van der Waals surface area contributed by atoms with E-state index in [1.807, 2.05) is 0 Å². The van der Waals surface area contributed by atoms with E-state index in [2.05, 4.69) is 203 Å².